The van der Waals surface area contributed by atoms with E-state index in [1.807, 2.05) is 13.8 Å². The number of nitrogens with two attached hydrogens (primary N) is 1. The third-order valence-electron chi connectivity index (χ3n) is 1.65. The second-order valence-electron chi connectivity index (χ2n) is 2.52. The molecular weight excluding hydrogens is 224 g/mol. The molecule has 0 aliphatic rings. The third kappa shape index (κ3) is 2.89. The number of rotatable bonds is 1. The van der Waals surface area contributed by atoms with Crippen molar-refractivity contribution >= 4 is 17.5 Å². The highest BCUT2D eigenvalue weighted by Crippen LogP contribution is 2.23. The maximum Gasteiger partial charge on any atom is 0.252 e. The van der Waals surface area contributed by atoms with E-state index in [9.17, 15) is 13.6 Å². The number of hydrogen-bond acceptors (Lipinski definition) is 1. The van der Waals surface area contributed by atoms with Gasteiger partial charge < -0.3 is 5.73 Å². The van der Waals surface area contributed by atoms with Crippen LogP contribution in [0.1, 0.15) is 29.8 Å². The quantitative estimate of drug-likeness (QED) is 0.747. The van der Waals surface area contributed by atoms with Crippen LogP contribution in [0, 0.1) is 18.6 Å². The maximum absolute atomic E-state index is 13.0. The Labute approximate surface area is 92.0 Å². The van der Waals surface area contributed by atoms with E-state index in [4.69, 9.17) is 17.3 Å². The fourth-order valence-corrected chi connectivity index (χ4v) is 1.25. The standard InChI is InChI=1S/C8H6ClF2NO.C2H6/c1-3-6(8(12)13)5(10)2-4(9)7(3)11;1-2/h2H,1H3,(H2,12,13);1-2H3. The Hall–Kier alpha value is -1.16. The van der Waals surface area contributed by atoms with E-state index in [-0.39, 0.29) is 10.6 Å². The largest absolute Gasteiger partial charge is 0.365 e. The molecule has 0 aliphatic heterocycles. The van der Waals surface area contributed by atoms with Gasteiger partial charge in [-0.3, -0.25) is 4.79 Å². The topological polar surface area (TPSA) is 43.1 Å². The maximum atomic E-state index is 13.0. The SMILES string of the molecule is CC.Cc1c(F)c(Cl)cc(F)c1C(N)=O. The minimum absolute atomic E-state index is 0.169. The first-order valence-electron chi connectivity index (χ1n) is 4.39. The van der Waals surface area contributed by atoms with Crippen LogP contribution in [-0.4, -0.2) is 5.91 Å². The molecule has 1 aromatic rings. The van der Waals surface area contributed by atoms with Gasteiger partial charge in [0.15, 0.2) is 0 Å². The van der Waals surface area contributed by atoms with Crippen molar-refractivity contribution in [3.05, 3.63) is 33.9 Å². The van der Waals surface area contributed by atoms with Gasteiger partial charge in [0.25, 0.3) is 5.91 Å². The Morgan fingerprint density at radius 1 is 1.40 bits per heavy atom. The van der Waals surface area contributed by atoms with Crippen molar-refractivity contribution in [2.24, 2.45) is 5.73 Å². The molecule has 84 valence electrons. The highest BCUT2D eigenvalue weighted by atomic mass is 35.5. The van der Waals surface area contributed by atoms with Crippen LogP contribution in [-0.2, 0) is 0 Å². The second-order valence-corrected chi connectivity index (χ2v) is 2.93. The Balaban J connectivity index is 0.000000921. The average Bonchev–Trinajstić information content (AvgIpc) is 2.17. The van der Waals surface area contributed by atoms with Crippen LogP contribution in [0.15, 0.2) is 6.07 Å². The summed E-state index contributed by atoms with van der Waals surface area (Å²) in [7, 11) is 0. The van der Waals surface area contributed by atoms with Crippen molar-refractivity contribution in [3.8, 4) is 0 Å². The van der Waals surface area contributed by atoms with Gasteiger partial charge in [0.2, 0.25) is 0 Å². The molecule has 2 N–H and O–H groups in total. The summed E-state index contributed by atoms with van der Waals surface area (Å²) in [6, 6.07) is 0.726. The van der Waals surface area contributed by atoms with Crippen molar-refractivity contribution in [1.29, 1.82) is 0 Å². The molecule has 0 fully saturated rings. The molecular formula is C10H12ClF2NO. The molecule has 0 atom stereocenters. The minimum Gasteiger partial charge on any atom is -0.365 e. The van der Waals surface area contributed by atoms with E-state index in [1.54, 1.807) is 0 Å². The summed E-state index contributed by atoms with van der Waals surface area (Å²) in [6.07, 6.45) is 0. The molecule has 1 amide bonds. The van der Waals surface area contributed by atoms with Gasteiger partial charge in [-0.1, -0.05) is 25.4 Å². The number of carbonyl (C=O) groups excluding carboxylic acids is 1. The van der Waals surface area contributed by atoms with Crippen LogP contribution in [0.3, 0.4) is 0 Å². The van der Waals surface area contributed by atoms with E-state index in [0.29, 0.717) is 0 Å². The molecule has 0 heterocycles. The summed E-state index contributed by atoms with van der Waals surface area (Å²) in [5.74, 6) is -2.74. The van der Waals surface area contributed by atoms with Crippen LogP contribution in [0.5, 0.6) is 0 Å². The van der Waals surface area contributed by atoms with Crippen LogP contribution in [0.25, 0.3) is 0 Å². The van der Waals surface area contributed by atoms with Crippen LogP contribution in [0.4, 0.5) is 8.78 Å². The van der Waals surface area contributed by atoms with Crippen molar-refractivity contribution in [3.63, 3.8) is 0 Å². The summed E-state index contributed by atoms with van der Waals surface area (Å²) >= 11 is 5.33. The summed E-state index contributed by atoms with van der Waals surface area (Å²) in [5, 5.41) is -0.361. The number of amides is 1. The highest BCUT2D eigenvalue weighted by Gasteiger charge is 2.17. The van der Waals surface area contributed by atoms with Crippen molar-refractivity contribution in [2.45, 2.75) is 20.8 Å². The van der Waals surface area contributed by atoms with E-state index in [0.717, 1.165) is 6.07 Å². The highest BCUT2D eigenvalue weighted by molar-refractivity contribution is 6.31. The number of halogens is 3. The molecule has 2 nitrogen and oxygen atoms in total. The summed E-state index contributed by atoms with van der Waals surface area (Å²) in [5.41, 5.74) is 4.22. The lowest BCUT2D eigenvalue weighted by atomic mass is 10.1. The predicted molar refractivity (Wildman–Crippen MR) is 56.0 cm³/mol. The lowest BCUT2D eigenvalue weighted by Gasteiger charge is -2.05. The zero-order chi connectivity index (χ0) is 12.2. The van der Waals surface area contributed by atoms with Gasteiger partial charge in [-0.05, 0) is 13.0 Å². The zero-order valence-corrected chi connectivity index (χ0v) is 9.45. The van der Waals surface area contributed by atoms with Gasteiger partial charge >= 0.3 is 0 Å². The summed E-state index contributed by atoms with van der Waals surface area (Å²) < 4.78 is 26.0. The molecule has 0 aromatic heterocycles. The molecule has 1 aromatic carbocycles. The average molecular weight is 236 g/mol. The number of primary amides is 1. The van der Waals surface area contributed by atoms with Crippen LogP contribution >= 0.6 is 11.6 Å². The normalized spacial score (nSPS) is 9.20. The first-order valence-corrected chi connectivity index (χ1v) is 4.77. The minimum atomic E-state index is -1.01. The zero-order valence-electron chi connectivity index (χ0n) is 8.70. The van der Waals surface area contributed by atoms with Gasteiger partial charge in [0.05, 0.1) is 10.6 Å². The molecule has 5 heteroatoms. The fourth-order valence-electron chi connectivity index (χ4n) is 1.02. The molecule has 0 aliphatic carbocycles. The Morgan fingerprint density at radius 3 is 2.27 bits per heavy atom. The summed E-state index contributed by atoms with van der Waals surface area (Å²) in [6.45, 7) is 5.24. The van der Waals surface area contributed by atoms with Gasteiger partial charge in [-0.2, -0.15) is 0 Å². The predicted octanol–water partition coefficient (Wildman–Crippen LogP) is 3.05. The molecule has 0 saturated carbocycles. The molecule has 15 heavy (non-hydrogen) atoms. The van der Waals surface area contributed by atoms with Crippen molar-refractivity contribution in [1.82, 2.24) is 0 Å². The van der Waals surface area contributed by atoms with E-state index in [2.05, 4.69) is 0 Å². The molecule has 1 rings (SSSR count). The Kier molecular flexibility index (Phi) is 5.22. The van der Waals surface area contributed by atoms with Gasteiger partial charge in [0.1, 0.15) is 11.6 Å². The number of hydrogen-bond donors (Lipinski definition) is 1. The lowest BCUT2D eigenvalue weighted by molar-refractivity contribution is 0.0995. The van der Waals surface area contributed by atoms with Gasteiger partial charge in [0, 0.05) is 5.56 Å². The summed E-state index contributed by atoms with van der Waals surface area (Å²) in [4.78, 5) is 10.7. The first-order chi connectivity index (χ1) is 6.95. The van der Waals surface area contributed by atoms with Crippen LogP contribution < -0.4 is 5.73 Å². The number of carbonyl (C=O) groups is 1. The van der Waals surface area contributed by atoms with Crippen molar-refractivity contribution in [2.75, 3.05) is 0 Å². The smallest absolute Gasteiger partial charge is 0.252 e. The van der Waals surface area contributed by atoms with Gasteiger partial charge in [-0.15, -0.1) is 0 Å². The molecule has 0 radical (unpaired) electrons. The van der Waals surface area contributed by atoms with E-state index >= 15 is 0 Å². The van der Waals surface area contributed by atoms with Crippen molar-refractivity contribution < 1.29 is 13.6 Å². The first kappa shape index (κ1) is 13.8. The number of benzene rings is 1. The lowest BCUT2D eigenvalue weighted by Crippen LogP contribution is -2.16. The molecule has 0 spiro atoms. The van der Waals surface area contributed by atoms with Gasteiger partial charge in [-0.25, -0.2) is 8.78 Å². The molecule has 0 bridgehead atoms. The fraction of sp³-hybridized carbons (Fsp3) is 0.300. The molecule has 0 saturated heterocycles. The Bertz CT molecular complexity index is 380. The van der Waals surface area contributed by atoms with Crippen LogP contribution in [0.2, 0.25) is 5.02 Å². The monoisotopic (exact) mass is 235 g/mol. The third-order valence-corrected chi connectivity index (χ3v) is 1.93. The van der Waals surface area contributed by atoms with E-state index in [1.165, 1.54) is 6.92 Å². The van der Waals surface area contributed by atoms with E-state index < -0.39 is 23.1 Å². The molecule has 0 unspecified atom stereocenters. The Morgan fingerprint density at radius 2 is 1.87 bits per heavy atom. The second kappa shape index (κ2) is 5.66.